The highest BCUT2D eigenvalue weighted by Gasteiger charge is 2.14. The monoisotopic (exact) mass is 299 g/mol. The Morgan fingerprint density at radius 2 is 1.88 bits per heavy atom. The third kappa shape index (κ3) is 6.08. The van der Waals surface area contributed by atoms with Gasteiger partial charge in [-0.05, 0) is 44.5 Å². The van der Waals surface area contributed by atoms with Gasteiger partial charge in [0.25, 0.3) is 0 Å². The van der Waals surface area contributed by atoms with E-state index in [1.807, 2.05) is 24.3 Å². The van der Waals surface area contributed by atoms with Gasteiger partial charge in [-0.15, -0.1) is 0 Å². The van der Waals surface area contributed by atoms with Crippen LogP contribution in [-0.2, 0) is 0 Å². The summed E-state index contributed by atoms with van der Waals surface area (Å²) >= 11 is 3.40. The van der Waals surface area contributed by atoms with Crippen LogP contribution in [0, 0.1) is 0 Å². The fraction of sp³-hybridized carbons (Fsp3) is 0.571. The van der Waals surface area contributed by atoms with Gasteiger partial charge >= 0.3 is 0 Å². The molecule has 0 aliphatic rings. The molecule has 1 aromatic carbocycles. The standard InChI is InChI=1S/C14H22BrNO/c1-4-9-14(2,3)16-10-11-17-13-7-5-12(15)6-8-13/h5-8,16H,4,9-11H2,1-3H3. The molecule has 1 rings (SSSR count). The molecule has 0 saturated heterocycles. The minimum Gasteiger partial charge on any atom is -0.492 e. The Morgan fingerprint density at radius 3 is 2.47 bits per heavy atom. The van der Waals surface area contributed by atoms with Crippen molar-refractivity contribution in [1.29, 1.82) is 0 Å². The minimum absolute atomic E-state index is 0.206. The predicted octanol–water partition coefficient (Wildman–Crippen LogP) is 4.00. The van der Waals surface area contributed by atoms with E-state index in [2.05, 4.69) is 42.0 Å². The summed E-state index contributed by atoms with van der Waals surface area (Å²) in [4.78, 5) is 0. The summed E-state index contributed by atoms with van der Waals surface area (Å²) in [7, 11) is 0. The molecular formula is C14H22BrNO. The molecule has 1 aromatic rings. The van der Waals surface area contributed by atoms with Crippen molar-refractivity contribution in [2.75, 3.05) is 13.2 Å². The Morgan fingerprint density at radius 1 is 1.24 bits per heavy atom. The summed E-state index contributed by atoms with van der Waals surface area (Å²) in [5, 5.41) is 3.51. The number of hydrogen-bond donors (Lipinski definition) is 1. The van der Waals surface area contributed by atoms with Crippen molar-refractivity contribution in [3.8, 4) is 5.75 Å². The van der Waals surface area contributed by atoms with Crippen molar-refractivity contribution < 1.29 is 4.74 Å². The molecule has 0 atom stereocenters. The first-order valence-corrected chi connectivity index (χ1v) is 6.96. The third-order valence-electron chi connectivity index (χ3n) is 2.66. The summed E-state index contributed by atoms with van der Waals surface area (Å²) in [6, 6.07) is 7.93. The Labute approximate surface area is 113 Å². The first-order valence-electron chi connectivity index (χ1n) is 6.17. The van der Waals surface area contributed by atoms with Crippen LogP contribution < -0.4 is 10.1 Å². The van der Waals surface area contributed by atoms with E-state index < -0.39 is 0 Å². The molecule has 0 radical (unpaired) electrons. The lowest BCUT2D eigenvalue weighted by molar-refractivity contribution is 0.276. The lowest BCUT2D eigenvalue weighted by Gasteiger charge is -2.25. The molecule has 0 aromatic heterocycles. The van der Waals surface area contributed by atoms with Crippen molar-refractivity contribution >= 4 is 15.9 Å². The van der Waals surface area contributed by atoms with E-state index >= 15 is 0 Å². The number of halogens is 1. The van der Waals surface area contributed by atoms with Crippen LogP contribution in [0.25, 0.3) is 0 Å². The maximum atomic E-state index is 5.65. The van der Waals surface area contributed by atoms with Crippen LogP contribution in [-0.4, -0.2) is 18.7 Å². The van der Waals surface area contributed by atoms with Crippen LogP contribution in [0.3, 0.4) is 0 Å². The van der Waals surface area contributed by atoms with Crippen LogP contribution >= 0.6 is 15.9 Å². The first kappa shape index (κ1) is 14.5. The molecule has 0 heterocycles. The zero-order chi connectivity index (χ0) is 12.7. The van der Waals surface area contributed by atoms with E-state index in [1.54, 1.807) is 0 Å². The average Bonchev–Trinajstić information content (AvgIpc) is 2.27. The summed E-state index contributed by atoms with van der Waals surface area (Å²) in [6.45, 7) is 8.26. The van der Waals surface area contributed by atoms with Crippen molar-refractivity contribution in [2.24, 2.45) is 0 Å². The topological polar surface area (TPSA) is 21.3 Å². The second-order valence-electron chi connectivity index (χ2n) is 4.86. The van der Waals surface area contributed by atoms with Gasteiger partial charge in [0.05, 0.1) is 0 Å². The van der Waals surface area contributed by atoms with Crippen LogP contribution in [0.1, 0.15) is 33.6 Å². The molecule has 17 heavy (non-hydrogen) atoms. The number of nitrogens with one attached hydrogen (secondary N) is 1. The Kier molecular flexibility index (Phi) is 6.00. The molecule has 0 spiro atoms. The van der Waals surface area contributed by atoms with Crippen molar-refractivity contribution in [2.45, 2.75) is 39.2 Å². The highest BCUT2D eigenvalue weighted by Crippen LogP contribution is 2.16. The Balaban J connectivity index is 2.22. The number of benzene rings is 1. The molecule has 2 nitrogen and oxygen atoms in total. The fourth-order valence-electron chi connectivity index (χ4n) is 1.80. The van der Waals surface area contributed by atoms with Gasteiger partial charge in [0.15, 0.2) is 0 Å². The molecule has 0 fully saturated rings. The van der Waals surface area contributed by atoms with Crippen molar-refractivity contribution in [1.82, 2.24) is 5.32 Å². The van der Waals surface area contributed by atoms with Gasteiger partial charge in [0.1, 0.15) is 12.4 Å². The molecule has 3 heteroatoms. The van der Waals surface area contributed by atoms with E-state index in [0.29, 0.717) is 6.61 Å². The Hall–Kier alpha value is -0.540. The van der Waals surface area contributed by atoms with E-state index in [0.717, 1.165) is 16.8 Å². The highest BCUT2D eigenvalue weighted by molar-refractivity contribution is 9.10. The lowest BCUT2D eigenvalue weighted by atomic mass is 9.99. The molecular weight excluding hydrogens is 278 g/mol. The quantitative estimate of drug-likeness (QED) is 0.769. The van der Waals surface area contributed by atoms with Gasteiger partial charge in [-0.1, -0.05) is 29.3 Å². The normalized spacial score (nSPS) is 11.5. The van der Waals surface area contributed by atoms with E-state index in [1.165, 1.54) is 12.8 Å². The predicted molar refractivity (Wildman–Crippen MR) is 76.6 cm³/mol. The Bertz CT molecular complexity index is 321. The van der Waals surface area contributed by atoms with Crippen molar-refractivity contribution in [3.63, 3.8) is 0 Å². The molecule has 0 saturated carbocycles. The number of ether oxygens (including phenoxy) is 1. The maximum absolute atomic E-state index is 5.65. The van der Waals surface area contributed by atoms with Crippen LogP contribution in [0.5, 0.6) is 5.75 Å². The molecule has 0 amide bonds. The van der Waals surface area contributed by atoms with Crippen molar-refractivity contribution in [3.05, 3.63) is 28.7 Å². The van der Waals surface area contributed by atoms with Gasteiger partial charge in [0.2, 0.25) is 0 Å². The summed E-state index contributed by atoms with van der Waals surface area (Å²) in [6.07, 6.45) is 2.39. The van der Waals surface area contributed by atoms with Gasteiger partial charge in [-0.25, -0.2) is 0 Å². The lowest BCUT2D eigenvalue weighted by Crippen LogP contribution is -2.41. The second-order valence-corrected chi connectivity index (χ2v) is 5.78. The summed E-state index contributed by atoms with van der Waals surface area (Å²) < 4.78 is 6.73. The molecule has 0 aliphatic carbocycles. The SMILES string of the molecule is CCCC(C)(C)NCCOc1ccc(Br)cc1. The van der Waals surface area contributed by atoms with Gasteiger partial charge in [0, 0.05) is 16.6 Å². The van der Waals surface area contributed by atoms with Crippen LogP contribution in [0.15, 0.2) is 28.7 Å². The molecule has 0 bridgehead atoms. The summed E-state index contributed by atoms with van der Waals surface area (Å²) in [5.41, 5.74) is 0.206. The second kappa shape index (κ2) is 7.02. The van der Waals surface area contributed by atoms with Gasteiger partial charge < -0.3 is 10.1 Å². The molecule has 0 unspecified atom stereocenters. The average molecular weight is 300 g/mol. The highest BCUT2D eigenvalue weighted by atomic mass is 79.9. The molecule has 0 aliphatic heterocycles. The third-order valence-corrected chi connectivity index (χ3v) is 3.19. The number of rotatable bonds is 7. The molecule has 96 valence electrons. The first-order chi connectivity index (χ1) is 8.03. The largest absolute Gasteiger partial charge is 0.492 e. The van der Waals surface area contributed by atoms with Gasteiger partial charge in [-0.3, -0.25) is 0 Å². The zero-order valence-electron chi connectivity index (χ0n) is 10.9. The molecule has 1 N–H and O–H groups in total. The minimum atomic E-state index is 0.206. The van der Waals surface area contributed by atoms with Gasteiger partial charge in [-0.2, -0.15) is 0 Å². The van der Waals surface area contributed by atoms with Crippen LogP contribution in [0.2, 0.25) is 0 Å². The van der Waals surface area contributed by atoms with Crippen LogP contribution in [0.4, 0.5) is 0 Å². The number of hydrogen-bond acceptors (Lipinski definition) is 2. The summed E-state index contributed by atoms with van der Waals surface area (Å²) in [5.74, 6) is 0.920. The zero-order valence-corrected chi connectivity index (χ0v) is 12.5. The fourth-order valence-corrected chi connectivity index (χ4v) is 2.07. The van der Waals surface area contributed by atoms with E-state index in [-0.39, 0.29) is 5.54 Å². The smallest absolute Gasteiger partial charge is 0.119 e. The van der Waals surface area contributed by atoms with E-state index in [9.17, 15) is 0 Å². The van der Waals surface area contributed by atoms with E-state index in [4.69, 9.17) is 4.74 Å². The maximum Gasteiger partial charge on any atom is 0.119 e.